The summed E-state index contributed by atoms with van der Waals surface area (Å²) in [6, 6.07) is 46.5. The molecule has 4 heteroatoms. The van der Waals surface area contributed by atoms with Gasteiger partial charge in [-0.25, -0.2) is 0 Å². The minimum Gasteiger partial charge on any atom is -0.456 e. The van der Waals surface area contributed by atoms with E-state index in [4.69, 9.17) is 8.83 Å². The Hall–Kier alpha value is -5.87. The molecule has 202 valence electrons. The monoisotopic (exact) mass is 552 g/mol. The predicted octanol–water partition coefficient (Wildman–Crippen LogP) is 11.2. The lowest BCUT2D eigenvalue weighted by molar-refractivity contribution is 0.668. The molecule has 0 amide bonds. The van der Waals surface area contributed by atoms with E-state index < -0.39 is 0 Å². The normalized spacial score (nSPS) is 11.7. The molecule has 0 aliphatic rings. The van der Waals surface area contributed by atoms with Crippen molar-refractivity contribution in [2.45, 2.75) is 0 Å². The number of anilines is 3. The van der Waals surface area contributed by atoms with Gasteiger partial charge < -0.3 is 13.7 Å². The average Bonchev–Trinajstić information content (AvgIpc) is 3.63. The van der Waals surface area contributed by atoms with Gasteiger partial charge in [0.25, 0.3) is 0 Å². The number of furan rings is 2. The molecule has 9 aromatic rings. The van der Waals surface area contributed by atoms with Crippen LogP contribution in [0.15, 0.2) is 155 Å². The first-order chi connectivity index (χ1) is 21.3. The smallest absolute Gasteiger partial charge is 0.137 e. The van der Waals surface area contributed by atoms with Crippen LogP contribution in [0.4, 0.5) is 17.1 Å². The number of benzene rings is 6. The van der Waals surface area contributed by atoms with E-state index in [1.165, 1.54) is 11.1 Å². The molecule has 0 atom stereocenters. The second kappa shape index (κ2) is 9.33. The Labute approximate surface area is 247 Å². The molecule has 0 N–H and O–H groups in total. The largest absolute Gasteiger partial charge is 0.456 e. The molecule has 0 aliphatic heterocycles. The maximum absolute atomic E-state index is 6.31. The highest BCUT2D eigenvalue weighted by Gasteiger charge is 2.18. The molecule has 3 heterocycles. The maximum atomic E-state index is 6.31. The molecular formula is C39H24N2O2. The van der Waals surface area contributed by atoms with Gasteiger partial charge in [0.05, 0.1) is 0 Å². The Bertz CT molecular complexity index is 2450. The Kier molecular flexibility index (Phi) is 5.16. The minimum absolute atomic E-state index is 0.857. The fraction of sp³-hybridized carbons (Fsp3) is 0. The van der Waals surface area contributed by atoms with Crippen LogP contribution in [0.2, 0.25) is 0 Å². The van der Waals surface area contributed by atoms with E-state index in [-0.39, 0.29) is 0 Å². The fourth-order valence-corrected chi connectivity index (χ4v) is 6.31. The standard InChI is InChI=1S/C39H24N2O2/c1-2-6-25(7-3-1)26-10-13-28(14-11-26)41(30-15-17-33-32-8-4-5-9-35(32)43-38(33)23-30)29-16-19-36-34(22-29)39-31-20-21-40-24-27(31)12-18-37(39)42-36/h1-24H. The number of rotatable bonds is 4. The van der Waals surface area contributed by atoms with E-state index >= 15 is 0 Å². The van der Waals surface area contributed by atoms with E-state index in [1.807, 2.05) is 36.7 Å². The summed E-state index contributed by atoms with van der Waals surface area (Å²) >= 11 is 0. The van der Waals surface area contributed by atoms with Crippen LogP contribution in [0.25, 0.3) is 65.8 Å². The van der Waals surface area contributed by atoms with Crippen molar-refractivity contribution >= 4 is 71.7 Å². The Morgan fingerprint density at radius 3 is 2.02 bits per heavy atom. The maximum Gasteiger partial charge on any atom is 0.137 e. The third kappa shape index (κ3) is 3.81. The SMILES string of the molecule is c1ccc(-c2ccc(N(c3ccc4c(c3)oc3ccccc34)c3ccc4oc5ccc6cnccc6c5c4c3)cc2)cc1. The van der Waals surface area contributed by atoms with Crippen LogP contribution in [0, 0.1) is 0 Å². The molecule has 3 aromatic heterocycles. The van der Waals surface area contributed by atoms with Crippen molar-refractivity contribution in [1.29, 1.82) is 0 Å². The van der Waals surface area contributed by atoms with Gasteiger partial charge in [-0.15, -0.1) is 0 Å². The molecule has 0 aliphatic carbocycles. The fourth-order valence-electron chi connectivity index (χ4n) is 6.31. The van der Waals surface area contributed by atoms with E-state index in [1.54, 1.807) is 0 Å². The van der Waals surface area contributed by atoms with Gasteiger partial charge in [0.2, 0.25) is 0 Å². The molecule has 0 fully saturated rings. The lowest BCUT2D eigenvalue weighted by Gasteiger charge is -2.25. The van der Waals surface area contributed by atoms with Gasteiger partial charge in [-0.3, -0.25) is 4.98 Å². The number of hydrogen-bond acceptors (Lipinski definition) is 4. The molecule has 9 rings (SSSR count). The summed E-state index contributed by atoms with van der Waals surface area (Å²) < 4.78 is 12.6. The second-order valence-corrected chi connectivity index (χ2v) is 10.8. The van der Waals surface area contributed by atoms with Gasteiger partial charge in [0, 0.05) is 62.5 Å². The van der Waals surface area contributed by atoms with Gasteiger partial charge in [-0.2, -0.15) is 0 Å². The zero-order valence-corrected chi connectivity index (χ0v) is 23.1. The number of nitrogens with zero attached hydrogens (tertiary/aromatic N) is 2. The van der Waals surface area contributed by atoms with Crippen LogP contribution < -0.4 is 4.90 Å². The van der Waals surface area contributed by atoms with E-state index in [0.29, 0.717) is 0 Å². The van der Waals surface area contributed by atoms with E-state index in [9.17, 15) is 0 Å². The van der Waals surface area contributed by atoms with Gasteiger partial charge >= 0.3 is 0 Å². The molecular weight excluding hydrogens is 528 g/mol. The third-order valence-corrected chi connectivity index (χ3v) is 8.35. The third-order valence-electron chi connectivity index (χ3n) is 8.35. The van der Waals surface area contributed by atoms with E-state index in [2.05, 4.69) is 119 Å². The quantitative estimate of drug-likeness (QED) is 0.218. The van der Waals surface area contributed by atoms with Gasteiger partial charge in [0.15, 0.2) is 0 Å². The Balaban J connectivity index is 1.26. The minimum atomic E-state index is 0.857. The van der Waals surface area contributed by atoms with Crippen molar-refractivity contribution in [3.63, 3.8) is 0 Å². The highest BCUT2D eigenvalue weighted by molar-refractivity contribution is 6.19. The van der Waals surface area contributed by atoms with Crippen LogP contribution in [0.3, 0.4) is 0 Å². The first-order valence-electron chi connectivity index (χ1n) is 14.4. The predicted molar refractivity (Wildman–Crippen MR) is 176 cm³/mol. The van der Waals surface area contributed by atoms with Crippen molar-refractivity contribution in [3.8, 4) is 11.1 Å². The van der Waals surface area contributed by atoms with Crippen molar-refractivity contribution < 1.29 is 8.83 Å². The summed E-state index contributed by atoms with van der Waals surface area (Å²) in [5, 5.41) is 6.62. The Morgan fingerprint density at radius 2 is 1.12 bits per heavy atom. The van der Waals surface area contributed by atoms with Crippen LogP contribution in [-0.2, 0) is 0 Å². The second-order valence-electron chi connectivity index (χ2n) is 10.8. The summed E-state index contributed by atoms with van der Waals surface area (Å²) in [6.07, 6.45) is 3.74. The Morgan fingerprint density at radius 1 is 0.442 bits per heavy atom. The number of aromatic nitrogens is 1. The first-order valence-corrected chi connectivity index (χ1v) is 14.4. The van der Waals surface area contributed by atoms with Crippen molar-refractivity contribution in [1.82, 2.24) is 4.98 Å². The van der Waals surface area contributed by atoms with Crippen molar-refractivity contribution in [3.05, 3.63) is 146 Å². The molecule has 0 saturated heterocycles. The molecule has 0 unspecified atom stereocenters. The van der Waals surface area contributed by atoms with Crippen LogP contribution >= 0.6 is 0 Å². The van der Waals surface area contributed by atoms with Crippen LogP contribution in [0.5, 0.6) is 0 Å². The summed E-state index contributed by atoms with van der Waals surface area (Å²) in [5.41, 5.74) is 8.94. The van der Waals surface area contributed by atoms with E-state index in [0.717, 1.165) is 71.7 Å². The molecule has 0 spiro atoms. The molecule has 0 radical (unpaired) electrons. The van der Waals surface area contributed by atoms with Crippen LogP contribution in [0.1, 0.15) is 0 Å². The lowest BCUT2D eigenvalue weighted by atomic mass is 10.0. The topological polar surface area (TPSA) is 42.4 Å². The van der Waals surface area contributed by atoms with Gasteiger partial charge in [0.1, 0.15) is 22.3 Å². The lowest BCUT2D eigenvalue weighted by Crippen LogP contribution is -2.09. The highest BCUT2D eigenvalue weighted by atomic mass is 16.3. The molecule has 0 bridgehead atoms. The van der Waals surface area contributed by atoms with Gasteiger partial charge in [-0.05, 0) is 83.2 Å². The molecule has 4 nitrogen and oxygen atoms in total. The number of hydrogen-bond donors (Lipinski definition) is 0. The number of fused-ring (bicyclic) bond motifs is 8. The summed E-state index contributed by atoms with van der Waals surface area (Å²) in [6.45, 7) is 0. The highest BCUT2D eigenvalue weighted by Crippen LogP contribution is 2.42. The average molecular weight is 553 g/mol. The number of para-hydroxylation sites is 1. The first kappa shape index (κ1) is 23.8. The van der Waals surface area contributed by atoms with Crippen molar-refractivity contribution in [2.24, 2.45) is 0 Å². The zero-order valence-electron chi connectivity index (χ0n) is 23.1. The summed E-state index contributed by atoms with van der Waals surface area (Å²) in [5.74, 6) is 0. The van der Waals surface area contributed by atoms with Crippen molar-refractivity contribution in [2.75, 3.05) is 4.90 Å². The molecule has 0 saturated carbocycles. The van der Waals surface area contributed by atoms with Gasteiger partial charge in [-0.1, -0.05) is 60.7 Å². The summed E-state index contributed by atoms with van der Waals surface area (Å²) in [4.78, 5) is 6.62. The number of pyridine rings is 1. The zero-order chi connectivity index (χ0) is 28.3. The van der Waals surface area contributed by atoms with Crippen LogP contribution in [-0.4, -0.2) is 4.98 Å². The molecule has 43 heavy (non-hydrogen) atoms. The summed E-state index contributed by atoms with van der Waals surface area (Å²) in [7, 11) is 0. The molecule has 6 aromatic carbocycles.